The predicted octanol–water partition coefficient (Wildman–Crippen LogP) is 2.37. The molecule has 1 aromatic heterocycles. The summed E-state index contributed by atoms with van der Waals surface area (Å²) in [6.45, 7) is 6.80. The standard InChI is InChI=1S/C18H22N4O2/c1-4-11-22-12-10-15(20-22)13-19-18(24)14-6-8-16(9-7-14)21(3)17(23)5-2/h5-10,12H,2,4,11,13H2,1,3H3,(H,19,24). The molecule has 0 bridgehead atoms. The first-order valence-corrected chi connectivity index (χ1v) is 7.86. The number of benzene rings is 1. The summed E-state index contributed by atoms with van der Waals surface area (Å²) >= 11 is 0. The summed E-state index contributed by atoms with van der Waals surface area (Å²) in [4.78, 5) is 25.2. The zero-order valence-electron chi connectivity index (χ0n) is 14.0. The Morgan fingerprint density at radius 1 is 1.29 bits per heavy atom. The molecule has 0 saturated carbocycles. The first kappa shape index (κ1) is 17.5. The summed E-state index contributed by atoms with van der Waals surface area (Å²) in [5.74, 6) is -0.376. The molecule has 2 amide bonds. The highest BCUT2D eigenvalue weighted by molar-refractivity contribution is 6.01. The van der Waals surface area contributed by atoms with E-state index in [2.05, 4.69) is 23.9 Å². The molecule has 0 aliphatic carbocycles. The van der Waals surface area contributed by atoms with Gasteiger partial charge < -0.3 is 10.2 Å². The Hall–Kier alpha value is -2.89. The average molecular weight is 326 g/mol. The first-order chi connectivity index (χ1) is 11.5. The molecule has 6 nitrogen and oxygen atoms in total. The zero-order valence-corrected chi connectivity index (χ0v) is 14.0. The summed E-state index contributed by atoms with van der Waals surface area (Å²) < 4.78 is 1.86. The number of nitrogens with zero attached hydrogens (tertiary/aromatic N) is 3. The van der Waals surface area contributed by atoms with E-state index in [0.717, 1.165) is 18.7 Å². The van der Waals surface area contributed by atoms with Crippen molar-refractivity contribution in [2.45, 2.75) is 26.4 Å². The number of aryl methyl sites for hydroxylation is 1. The highest BCUT2D eigenvalue weighted by atomic mass is 16.2. The maximum absolute atomic E-state index is 12.2. The molecule has 2 rings (SSSR count). The second-order valence-electron chi connectivity index (χ2n) is 5.40. The number of aromatic nitrogens is 2. The van der Waals surface area contributed by atoms with E-state index in [1.807, 2.05) is 16.9 Å². The van der Waals surface area contributed by atoms with Gasteiger partial charge in [-0.3, -0.25) is 14.3 Å². The Balaban J connectivity index is 1.94. The fourth-order valence-electron chi connectivity index (χ4n) is 2.23. The summed E-state index contributed by atoms with van der Waals surface area (Å²) in [6, 6.07) is 8.73. The number of likely N-dealkylation sites (N-methyl/N-ethyl adjacent to an activating group) is 1. The molecule has 24 heavy (non-hydrogen) atoms. The van der Waals surface area contributed by atoms with Crippen LogP contribution in [0.2, 0.25) is 0 Å². The van der Waals surface area contributed by atoms with Crippen LogP contribution < -0.4 is 10.2 Å². The highest BCUT2D eigenvalue weighted by Gasteiger charge is 2.10. The monoisotopic (exact) mass is 326 g/mol. The molecule has 6 heteroatoms. The van der Waals surface area contributed by atoms with Gasteiger partial charge in [0.2, 0.25) is 5.91 Å². The fraction of sp³-hybridized carbons (Fsp3) is 0.278. The largest absolute Gasteiger partial charge is 0.346 e. The second kappa shape index (κ2) is 8.10. The number of amides is 2. The summed E-state index contributed by atoms with van der Waals surface area (Å²) in [7, 11) is 1.66. The minimum atomic E-state index is -0.199. The Labute approximate surface area is 141 Å². The number of carbonyl (C=O) groups is 2. The number of anilines is 1. The van der Waals surface area contributed by atoms with E-state index in [1.165, 1.54) is 11.0 Å². The minimum absolute atomic E-state index is 0.177. The molecule has 0 atom stereocenters. The lowest BCUT2D eigenvalue weighted by atomic mass is 10.2. The molecule has 1 heterocycles. The number of carbonyl (C=O) groups excluding carboxylic acids is 2. The van der Waals surface area contributed by atoms with Crippen LogP contribution in [-0.2, 0) is 17.9 Å². The van der Waals surface area contributed by atoms with Crippen molar-refractivity contribution >= 4 is 17.5 Å². The second-order valence-corrected chi connectivity index (χ2v) is 5.40. The van der Waals surface area contributed by atoms with Crippen molar-refractivity contribution in [3.63, 3.8) is 0 Å². The molecule has 0 saturated heterocycles. The van der Waals surface area contributed by atoms with Crippen LogP contribution in [0.1, 0.15) is 29.4 Å². The van der Waals surface area contributed by atoms with Gasteiger partial charge in [0.1, 0.15) is 0 Å². The van der Waals surface area contributed by atoms with Crippen LogP contribution >= 0.6 is 0 Å². The van der Waals surface area contributed by atoms with Crippen molar-refractivity contribution in [2.24, 2.45) is 0 Å². The topological polar surface area (TPSA) is 67.2 Å². The molecule has 1 aromatic carbocycles. The van der Waals surface area contributed by atoms with E-state index < -0.39 is 0 Å². The lowest BCUT2D eigenvalue weighted by molar-refractivity contribution is -0.113. The van der Waals surface area contributed by atoms with Gasteiger partial charge in [-0.25, -0.2) is 0 Å². The van der Waals surface area contributed by atoms with E-state index in [9.17, 15) is 9.59 Å². The normalized spacial score (nSPS) is 10.2. The number of hydrogen-bond acceptors (Lipinski definition) is 3. The molecule has 0 aliphatic heterocycles. The van der Waals surface area contributed by atoms with Gasteiger partial charge in [0.15, 0.2) is 0 Å². The molecular weight excluding hydrogens is 304 g/mol. The number of rotatable bonds is 7. The van der Waals surface area contributed by atoms with Crippen LogP contribution in [0.25, 0.3) is 0 Å². The van der Waals surface area contributed by atoms with Crippen LogP contribution in [0.15, 0.2) is 49.2 Å². The molecule has 126 valence electrons. The fourth-order valence-corrected chi connectivity index (χ4v) is 2.23. The lowest BCUT2D eigenvalue weighted by Gasteiger charge is -2.15. The van der Waals surface area contributed by atoms with Gasteiger partial charge in [0.25, 0.3) is 5.91 Å². The Kier molecular flexibility index (Phi) is 5.89. The van der Waals surface area contributed by atoms with Crippen molar-refractivity contribution in [1.29, 1.82) is 0 Å². The molecule has 0 unspecified atom stereocenters. The molecule has 0 radical (unpaired) electrons. The molecule has 1 N–H and O–H groups in total. The Morgan fingerprint density at radius 2 is 2.00 bits per heavy atom. The quantitative estimate of drug-likeness (QED) is 0.794. The molecule has 0 aliphatic rings. The third-order valence-electron chi connectivity index (χ3n) is 3.60. The number of nitrogens with one attached hydrogen (secondary N) is 1. The third-order valence-corrected chi connectivity index (χ3v) is 3.60. The van der Waals surface area contributed by atoms with Gasteiger partial charge in [0.05, 0.1) is 12.2 Å². The first-order valence-electron chi connectivity index (χ1n) is 7.86. The van der Waals surface area contributed by atoms with Gasteiger partial charge in [-0.2, -0.15) is 5.10 Å². The van der Waals surface area contributed by atoms with Crippen LogP contribution in [0.5, 0.6) is 0 Å². The van der Waals surface area contributed by atoms with Crippen molar-refractivity contribution in [2.75, 3.05) is 11.9 Å². The lowest BCUT2D eigenvalue weighted by Crippen LogP contribution is -2.25. The molecule has 0 spiro atoms. The zero-order chi connectivity index (χ0) is 17.5. The molecule has 2 aromatic rings. The average Bonchev–Trinajstić information content (AvgIpc) is 3.06. The van der Waals surface area contributed by atoms with Gasteiger partial charge in [-0.05, 0) is 42.8 Å². The van der Waals surface area contributed by atoms with Crippen LogP contribution in [0.4, 0.5) is 5.69 Å². The summed E-state index contributed by atoms with van der Waals surface area (Å²) in [6.07, 6.45) is 4.17. The van der Waals surface area contributed by atoms with E-state index in [0.29, 0.717) is 17.8 Å². The van der Waals surface area contributed by atoms with Crippen molar-refractivity contribution < 1.29 is 9.59 Å². The maximum atomic E-state index is 12.2. The SMILES string of the molecule is C=CC(=O)N(C)c1ccc(C(=O)NCc2ccn(CCC)n2)cc1. The summed E-state index contributed by atoms with van der Waals surface area (Å²) in [5, 5.41) is 7.22. The van der Waals surface area contributed by atoms with E-state index in [-0.39, 0.29) is 11.8 Å². The smallest absolute Gasteiger partial charge is 0.251 e. The van der Waals surface area contributed by atoms with Crippen molar-refractivity contribution in [3.05, 3.63) is 60.4 Å². The van der Waals surface area contributed by atoms with Gasteiger partial charge >= 0.3 is 0 Å². The van der Waals surface area contributed by atoms with Crippen LogP contribution in [0.3, 0.4) is 0 Å². The van der Waals surface area contributed by atoms with Crippen LogP contribution in [-0.4, -0.2) is 28.6 Å². The maximum Gasteiger partial charge on any atom is 0.251 e. The summed E-state index contributed by atoms with van der Waals surface area (Å²) in [5.41, 5.74) is 2.06. The van der Waals surface area contributed by atoms with Crippen molar-refractivity contribution in [3.8, 4) is 0 Å². The van der Waals surface area contributed by atoms with E-state index in [1.54, 1.807) is 31.3 Å². The predicted molar refractivity (Wildman–Crippen MR) is 93.7 cm³/mol. The van der Waals surface area contributed by atoms with Crippen LogP contribution in [0, 0.1) is 0 Å². The minimum Gasteiger partial charge on any atom is -0.346 e. The molecular formula is C18H22N4O2. The van der Waals surface area contributed by atoms with Gasteiger partial charge in [-0.1, -0.05) is 13.5 Å². The molecule has 0 fully saturated rings. The number of hydrogen-bond donors (Lipinski definition) is 1. The van der Waals surface area contributed by atoms with E-state index >= 15 is 0 Å². The Morgan fingerprint density at radius 3 is 2.62 bits per heavy atom. The highest BCUT2D eigenvalue weighted by Crippen LogP contribution is 2.14. The van der Waals surface area contributed by atoms with E-state index in [4.69, 9.17) is 0 Å². The third kappa shape index (κ3) is 4.32. The van der Waals surface area contributed by atoms with Crippen molar-refractivity contribution in [1.82, 2.24) is 15.1 Å². The Bertz CT molecular complexity index is 719. The van der Waals surface area contributed by atoms with Gasteiger partial charge in [-0.15, -0.1) is 0 Å². The van der Waals surface area contributed by atoms with Gasteiger partial charge in [0, 0.05) is 31.0 Å².